The molecule has 1 aromatic rings. The molecule has 1 fully saturated rings. The lowest BCUT2D eigenvalue weighted by Crippen LogP contribution is -2.19. The molecular weight excluding hydrogens is 246 g/mol. The Morgan fingerprint density at radius 2 is 2.16 bits per heavy atom. The molecule has 100 valence electrons. The first kappa shape index (κ1) is 13.2. The topological polar surface area (TPSA) is 84.6 Å². The molecule has 1 aliphatic carbocycles. The van der Waals surface area contributed by atoms with Crippen molar-refractivity contribution in [2.75, 3.05) is 0 Å². The van der Waals surface area contributed by atoms with Gasteiger partial charge in [0.25, 0.3) is 11.6 Å². The number of nitrogens with one attached hydrogen (secondary N) is 1. The van der Waals surface area contributed by atoms with E-state index >= 15 is 0 Å². The summed E-state index contributed by atoms with van der Waals surface area (Å²) in [7, 11) is 0. The number of nitro groups is 1. The lowest BCUT2D eigenvalue weighted by molar-refractivity contribution is -0.385. The van der Waals surface area contributed by atoms with E-state index in [1.165, 1.54) is 6.07 Å². The Labute approximate surface area is 110 Å². The molecule has 0 radical (unpaired) electrons. The van der Waals surface area contributed by atoms with Crippen LogP contribution in [0.15, 0.2) is 23.3 Å². The lowest BCUT2D eigenvalue weighted by atomic mass is 10.1. The Bertz CT molecular complexity index is 562. The van der Waals surface area contributed by atoms with Gasteiger partial charge in [0.05, 0.1) is 4.92 Å². The fourth-order valence-corrected chi connectivity index (χ4v) is 1.74. The lowest BCUT2D eigenvalue weighted by Gasteiger charge is -2.03. The van der Waals surface area contributed by atoms with E-state index < -0.39 is 10.8 Å². The minimum Gasteiger partial charge on any atom is -0.267 e. The summed E-state index contributed by atoms with van der Waals surface area (Å²) < 4.78 is 0. The first-order valence-electron chi connectivity index (χ1n) is 6.08. The van der Waals surface area contributed by atoms with Gasteiger partial charge in [-0.1, -0.05) is 6.07 Å². The summed E-state index contributed by atoms with van der Waals surface area (Å²) in [4.78, 5) is 22.1. The van der Waals surface area contributed by atoms with Crippen LogP contribution < -0.4 is 5.43 Å². The number of carbonyl (C=O) groups excluding carboxylic acids is 1. The van der Waals surface area contributed by atoms with E-state index in [1.54, 1.807) is 19.1 Å². The normalized spacial score (nSPS) is 15.2. The Morgan fingerprint density at radius 3 is 2.74 bits per heavy atom. The van der Waals surface area contributed by atoms with Crippen molar-refractivity contribution in [3.8, 4) is 0 Å². The second kappa shape index (κ2) is 5.17. The Morgan fingerprint density at radius 1 is 1.47 bits per heavy atom. The third-order valence-electron chi connectivity index (χ3n) is 3.17. The molecule has 0 bridgehead atoms. The molecule has 6 nitrogen and oxygen atoms in total. The van der Waals surface area contributed by atoms with Crippen LogP contribution in [0.1, 0.15) is 35.7 Å². The van der Waals surface area contributed by atoms with Crippen molar-refractivity contribution in [2.45, 2.75) is 26.7 Å². The zero-order valence-electron chi connectivity index (χ0n) is 10.8. The van der Waals surface area contributed by atoms with Gasteiger partial charge in [-0.25, -0.2) is 5.43 Å². The average molecular weight is 261 g/mol. The summed E-state index contributed by atoms with van der Waals surface area (Å²) in [6, 6.07) is 4.39. The Balaban J connectivity index is 2.12. The van der Waals surface area contributed by atoms with Gasteiger partial charge in [-0.2, -0.15) is 5.10 Å². The maximum atomic E-state index is 11.8. The van der Waals surface area contributed by atoms with Crippen molar-refractivity contribution in [1.29, 1.82) is 0 Å². The highest BCUT2D eigenvalue weighted by atomic mass is 16.6. The van der Waals surface area contributed by atoms with Gasteiger partial charge in [-0.15, -0.1) is 0 Å². The molecule has 0 aromatic heterocycles. The van der Waals surface area contributed by atoms with Gasteiger partial charge in [0, 0.05) is 22.9 Å². The highest BCUT2D eigenvalue weighted by Gasteiger charge is 2.24. The van der Waals surface area contributed by atoms with Gasteiger partial charge < -0.3 is 0 Å². The summed E-state index contributed by atoms with van der Waals surface area (Å²) in [5.74, 6) is 0.0516. The van der Waals surface area contributed by atoms with E-state index in [1.807, 2.05) is 6.92 Å². The SMILES string of the molecule is C/C(=N\NC(=O)c1ccc(C)c([N+](=O)[O-])c1)C1CC1. The smallest absolute Gasteiger partial charge is 0.267 e. The average Bonchev–Trinajstić information content (AvgIpc) is 3.20. The van der Waals surface area contributed by atoms with Gasteiger partial charge in [-0.05, 0) is 38.7 Å². The molecule has 1 aromatic carbocycles. The first-order chi connectivity index (χ1) is 8.99. The highest BCUT2D eigenvalue weighted by molar-refractivity contribution is 5.96. The Hall–Kier alpha value is -2.24. The molecule has 6 heteroatoms. The van der Waals surface area contributed by atoms with E-state index in [-0.39, 0.29) is 11.3 Å². The third-order valence-corrected chi connectivity index (χ3v) is 3.17. The van der Waals surface area contributed by atoms with Gasteiger partial charge in [0.1, 0.15) is 0 Å². The molecule has 0 unspecified atom stereocenters. The second-order valence-corrected chi connectivity index (χ2v) is 4.73. The number of amides is 1. The van der Waals surface area contributed by atoms with E-state index in [4.69, 9.17) is 0 Å². The van der Waals surface area contributed by atoms with E-state index in [2.05, 4.69) is 10.5 Å². The van der Waals surface area contributed by atoms with Crippen LogP contribution >= 0.6 is 0 Å². The summed E-state index contributed by atoms with van der Waals surface area (Å²) >= 11 is 0. The molecule has 1 N–H and O–H groups in total. The third kappa shape index (κ3) is 3.15. The number of hydrazone groups is 1. The number of hydrogen-bond donors (Lipinski definition) is 1. The number of nitrogens with zero attached hydrogens (tertiary/aromatic N) is 2. The summed E-state index contributed by atoms with van der Waals surface area (Å²) in [5.41, 5.74) is 4.04. The summed E-state index contributed by atoms with van der Waals surface area (Å²) in [5, 5.41) is 14.8. The molecule has 1 amide bonds. The number of nitro benzene ring substituents is 1. The minimum absolute atomic E-state index is 0.0597. The number of rotatable bonds is 4. The molecule has 0 atom stereocenters. The highest BCUT2D eigenvalue weighted by Crippen LogP contribution is 2.30. The van der Waals surface area contributed by atoms with Crippen LogP contribution in [0.25, 0.3) is 0 Å². The maximum Gasteiger partial charge on any atom is 0.273 e. The first-order valence-corrected chi connectivity index (χ1v) is 6.08. The molecule has 1 aliphatic rings. The summed E-state index contributed by atoms with van der Waals surface area (Å²) in [6.45, 7) is 3.50. The van der Waals surface area contributed by atoms with Crippen LogP contribution in [0, 0.1) is 23.0 Å². The fourth-order valence-electron chi connectivity index (χ4n) is 1.74. The van der Waals surface area contributed by atoms with E-state index in [9.17, 15) is 14.9 Å². The predicted molar refractivity (Wildman–Crippen MR) is 71.1 cm³/mol. The van der Waals surface area contributed by atoms with Crippen molar-refractivity contribution < 1.29 is 9.72 Å². The number of hydrogen-bond acceptors (Lipinski definition) is 4. The maximum absolute atomic E-state index is 11.8. The van der Waals surface area contributed by atoms with E-state index in [0.717, 1.165) is 18.6 Å². The molecule has 0 spiro atoms. The molecule has 1 saturated carbocycles. The molecule has 2 rings (SSSR count). The molecule has 0 aliphatic heterocycles. The van der Waals surface area contributed by atoms with Crippen molar-refractivity contribution in [2.24, 2.45) is 11.0 Å². The minimum atomic E-state index is -0.495. The monoisotopic (exact) mass is 261 g/mol. The fraction of sp³-hybridized carbons (Fsp3) is 0.385. The summed E-state index contributed by atoms with van der Waals surface area (Å²) in [6.07, 6.45) is 2.22. The van der Waals surface area contributed by atoms with Crippen LogP contribution in [-0.2, 0) is 0 Å². The Kier molecular flexibility index (Phi) is 3.59. The number of aryl methyl sites for hydroxylation is 1. The predicted octanol–water partition coefficient (Wildman–Crippen LogP) is 2.42. The van der Waals surface area contributed by atoms with Crippen LogP contribution in [0.3, 0.4) is 0 Å². The van der Waals surface area contributed by atoms with Gasteiger partial charge >= 0.3 is 0 Å². The molecule has 0 heterocycles. The van der Waals surface area contributed by atoms with Gasteiger partial charge in [0.15, 0.2) is 0 Å². The number of carbonyl (C=O) groups is 1. The van der Waals surface area contributed by atoms with Crippen molar-refractivity contribution in [1.82, 2.24) is 5.43 Å². The molecular formula is C13H15N3O3. The van der Waals surface area contributed by atoms with Crippen LogP contribution in [0.4, 0.5) is 5.69 Å². The molecule has 19 heavy (non-hydrogen) atoms. The van der Waals surface area contributed by atoms with Gasteiger partial charge in [-0.3, -0.25) is 14.9 Å². The van der Waals surface area contributed by atoms with Crippen molar-refractivity contribution in [3.63, 3.8) is 0 Å². The standard InChI is InChI=1S/C13H15N3O3/c1-8-3-4-11(7-12(8)16(18)19)13(17)15-14-9(2)10-5-6-10/h3-4,7,10H,5-6H2,1-2H3,(H,15,17)/b14-9+. The number of benzene rings is 1. The second-order valence-electron chi connectivity index (χ2n) is 4.73. The van der Waals surface area contributed by atoms with Crippen molar-refractivity contribution in [3.05, 3.63) is 39.4 Å². The largest absolute Gasteiger partial charge is 0.273 e. The quantitative estimate of drug-likeness (QED) is 0.513. The van der Waals surface area contributed by atoms with Crippen LogP contribution in [-0.4, -0.2) is 16.5 Å². The van der Waals surface area contributed by atoms with Crippen molar-refractivity contribution >= 4 is 17.3 Å². The zero-order chi connectivity index (χ0) is 14.0. The van der Waals surface area contributed by atoms with E-state index in [0.29, 0.717) is 11.5 Å². The van der Waals surface area contributed by atoms with Crippen LogP contribution in [0.5, 0.6) is 0 Å². The molecule has 0 saturated heterocycles. The van der Waals surface area contributed by atoms with Crippen LogP contribution in [0.2, 0.25) is 0 Å². The van der Waals surface area contributed by atoms with Gasteiger partial charge in [0.2, 0.25) is 0 Å². The zero-order valence-corrected chi connectivity index (χ0v) is 10.8.